The first-order valence-corrected chi connectivity index (χ1v) is 9.26. The van der Waals surface area contributed by atoms with Crippen molar-refractivity contribution in [2.45, 2.75) is 38.5 Å². The van der Waals surface area contributed by atoms with Crippen molar-refractivity contribution < 1.29 is 14.4 Å². The minimum atomic E-state index is -0.190. The summed E-state index contributed by atoms with van der Waals surface area (Å²) < 4.78 is 0. The molecule has 0 unspecified atom stereocenters. The lowest BCUT2D eigenvalue weighted by Gasteiger charge is -2.27. The van der Waals surface area contributed by atoms with Gasteiger partial charge in [-0.2, -0.15) is 0 Å². The van der Waals surface area contributed by atoms with E-state index in [-0.39, 0.29) is 30.6 Å². The van der Waals surface area contributed by atoms with E-state index in [0.29, 0.717) is 11.3 Å². The maximum absolute atomic E-state index is 12.6. The maximum atomic E-state index is 12.6. The molecule has 2 aliphatic rings. The molecule has 0 radical (unpaired) electrons. The number of hydrogen-bond donors (Lipinski definition) is 2. The summed E-state index contributed by atoms with van der Waals surface area (Å²) in [6, 6.07) is 12.7. The van der Waals surface area contributed by atoms with Crippen LogP contribution in [0.4, 0.5) is 11.4 Å². The van der Waals surface area contributed by atoms with E-state index < -0.39 is 0 Å². The number of benzene rings is 2. The number of carbonyl (C=O) groups is 3. The van der Waals surface area contributed by atoms with Crippen LogP contribution in [0.5, 0.6) is 0 Å². The number of nitrogens with one attached hydrogen (secondary N) is 2. The van der Waals surface area contributed by atoms with Gasteiger partial charge in [0.15, 0.2) is 0 Å². The average Bonchev–Trinajstić information content (AvgIpc) is 2.70. The molecule has 2 aromatic carbocycles. The molecule has 4 rings (SSSR count). The second kappa shape index (κ2) is 7.23. The quantitative estimate of drug-likeness (QED) is 0.880. The molecule has 0 spiro atoms. The molecule has 1 fully saturated rings. The monoisotopic (exact) mass is 363 g/mol. The zero-order valence-electron chi connectivity index (χ0n) is 15.0. The predicted molar refractivity (Wildman–Crippen MR) is 102 cm³/mol. The second-order valence-corrected chi connectivity index (χ2v) is 6.92. The number of carbonyl (C=O) groups excluding carboxylic acids is 3. The van der Waals surface area contributed by atoms with Gasteiger partial charge in [-0.25, -0.2) is 5.01 Å². The van der Waals surface area contributed by atoms with Crippen molar-refractivity contribution in [3.8, 4) is 0 Å². The van der Waals surface area contributed by atoms with E-state index in [1.54, 1.807) is 24.3 Å². The van der Waals surface area contributed by atoms with Crippen molar-refractivity contribution in [3.05, 3.63) is 59.2 Å². The number of hydrazine groups is 1. The van der Waals surface area contributed by atoms with Crippen LogP contribution >= 0.6 is 0 Å². The summed E-state index contributed by atoms with van der Waals surface area (Å²) in [5, 5.41) is 4.25. The van der Waals surface area contributed by atoms with E-state index in [2.05, 4.69) is 16.8 Å². The van der Waals surface area contributed by atoms with Gasteiger partial charge in [0.05, 0.1) is 5.69 Å². The third-order valence-corrected chi connectivity index (χ3v) is 5.08. The molecule has 0 aromatic heterocycles. The smallest absolute Gasteiger partial charge is 0.255 e. The highest BCUT2D eigenvalue weighted by atomic mass is 16.2. The standard InChI is InChI=1S/C21H21N3O3/c25-19-12-13-20(26)24(23-19)16-10-8-15(9-11-16)21(27)22-18-7-3-5-14-4-1-2-6-17(14)18/h3,5,7-11H,1-2,4,6,12-13H2,(H,22,27)(H,23,25). The van der Waals surface area contributed by atoms with Gasteiger partial charge in [0, 0.05) is 24.1 Å². The van der Waals surface area contributed by atoms with E-state index in [9.17, 15) is 14.4 Å². The van der Waals surface area contributed by atoms with Gasteiger partial charge in [0.25, 0.3) is 5.91 Å². The van der Waals surface area contributed by atoms with Gasteiger partial charge < -0.3 is 5.32 Å². The summed E-state index contributed by atoms with van der Waals surface area (Å²) in [7, 11) is 0. The van der Waals surface area contributed by atoms with Crippen LogP contribution in [0.1, 0.15) is 47.2 Å². The number of anilines is 2. The highest BCUT2D eigenvalue weighted by Gasteiger charge is 2.24. The number of rotatable bonds is 3. The molecule has 27 heavy (non-hydrogen) atoms. The molecular weight excluding hydrogens is 342 g/mol. The lowest BCUT2D eigenvalue weighted by molar-refractivity contribution is -0.130. The SMILES string of the molecule is O=C1CCC(=O)N(c2ccc(C(=O)Nc3cccc4c3CCCC4)cc2)N1. The Morgan fingerprint density at radius 3 is 2.52 bits per heavy atom. The van der Waals surface area contributed by atoms with Crippen molar-refractivity contribution in [1.82, 2.24) is 5.43 Å². The lowest BCUT2D eigenvalue weighted by Crippen LogP contribution is -2.50. The Balaban J connectivity index is 1.50. The van der Waals surface area contributed by atoms with Crippen LogP contribution in [-0.4, -0.2) is 17.7 Å². The van der Waals surface area contributed by atoms with Crippen molar-refractivity contribution in [2.75, 3.05) is 10.3 Å². The first kappa shape index (κ1) is 17.3. The molecule has 1 aliphatic heterocycles. The van der Waals surface area contributed by atoms with Gasteiger partial charge in [0.1, 0.15) is 0 Å². The maximum Gasteiger partial charge on any atom is 0.255 e. The second-order valence-electron chi connectivity index (χ2n) is 6.92. The average molecular weight is 363 g/mol. The lowest BCUT2D eigenvalue weighted by atomic mass is 9.90. The highest BCUT2D eigenvalue weighted by molar-refractivity contribution is 6.05. The zero-order valence-corrected chi connectivity index (χ0v) is 15.0. The molecule has 6 heteroatoms. The summed E-state index contributed by atoms with van der Waals surface area (Å²) in [5.74, 6) is -0.539. The molecule has 0 atom stereocenters. The van der Waals surface area contributed by atoms with E-state index in [1.807, 2.05) is 12.1 Å². The molecule has 2 N–H and O–H groups in total. The van der Waals surface area contributed by atoms with Crippen LogP contribution in [0.2, 0.25) is 0 Å². The van der Waals surface area contributed by atoms with E-state index in [4.69, 9.17) is 0 Å². The summed E-state index contributed by atoms with van der Waals surface area (Å²) in [5.41, 5.74) is 7.02. The van der Waals surface area contributed by atoms with E-state index in [0.717, 1.165) is 24.9 Å². The van der Waals surface area contributed by atoms with Gasteiger partial charge >= 0.3 is 0 Å². The molecule has 1 aliphatic carbocycles. The highest BCUT2D eigenvalue weighted by Crippen LogP contribution is 2.28. The van der Waals surface area contributed by atoms with Crippen molar-refractivity contribution in [3.63, 3.8) is 0 Å². The van der Waals surface area contributed by atoms with Gasteiger partial charge in [-0.3, -0.25) is 19.8 Å². The van der Waals surface area contributed by atoms with Gasteiger partial charge in [-0.1, -0.05) is 12.1 Å². The third-order valence-electron chi connectivity index (χ3n) is 5.08. The molecule has 0 saturated carbocycles. The van der Waals surface area contributed by atoms with Crippen LogP contribution in [0.15, 0.2) is 42.5 Å². The fourth-order valence-corrected chi connectivity index (χ4v) is 3.64. The predicted octanol–water partition coefficient (Wildman–Crippen LogP) is 2.98. The number of nitrogens with zero attached hydrogens (tertiary/aromatic N) is 1. The molecule has 0 bridgehead atoms. The van der Waals surface area contributed by atoms with Crippen LogP contribution in [-0.2, 0) is 22.4 Å². The first-order valence-electron chi connectivity index (χ1n) is 9.26. The molecule has 6 nitrogen and oxygen atoms in total. The summed E-state index contributed by atoms with van der Waals surface area (Å²) in [6.45, 7) is 0. The fraction of sp³-hybridized carbons (Fsp3) is 0.286. The number of hydrogen-bond acceptors (Lipinski definition) is 3. The number of fused-ring (bicyclic) bond motifs is 1. The van der Waals surface area contributed by atoms with E-state index in [1.165, 1.54) is 22.6 Å². The topological polar surface area (TPSA) is 78.5 Å². The molecular formula is C21H21N3O3. The van der Waals surface area contributed by atoms with Gasteiger partial charge in [-0.15, -0.1) is 0 Å². The summed E-state index contributed by atoms with van der Waals surface area (Å²) >= 11 is 0. The Morgan fingerprint density at radius 2 is 1.70 bits per heavy atom. The molecule has 3 amide bonds. The Kier molecular flexibility index (Phi) is 4.62. The zero-order chi connectivity index (χ0) is 18.8. The number of aryl methyl sites for hydroxylation is 1. The van der Waals surface area contributed by atoms with Crippen LogP contribution in [0.3, 0.4) is 0 Å². The number of amides is 3. The Labute approximate surface area is 157 Å². The molecule has 1 saturated heterocycles. The van der Waals surface area contributed by atoms with Gasteiger partial charge in [-0.05, 0) is 67.1 Å². The van der Waals surface area contributed by atoms with Crippen LogP contribution < -0.4 is 15.8 Å². The molecule has 138 valence electrons. The van der Waals surface area contributed by atoms with Gasteiger partial charge in [0.2, 0.25) is 11.8 Å². The minimum Gasteiger partial charge on any atom is -0.322 e. The normalized spacial score (nSPS) is 16.5. The fourth-order valence-electron chi connectivity index (χ4n) is 3.64. The van der Waals surface area contributed by atoms with E-state index >= 15 is 0 Å². The Bertz CT molecular complexity index is 905. The minimum absolute atomic E-state index is 0.164. The van der Waals surface area contributed by atoms with Crippen LogP contribution in [0.25, 0.3) is 0 Å². The molecule has 2 aromatic rings. The largest absolute Gasteiger partial charge is 0.322 e. The summed E-state index contributed by atoms with van der Waals surface area (Å²) in [4.78, 5) is 36.1. The van der Waals surface area contributed by atoms with Crippen LogP contribution in [0, 0.1) is 0 Å². The van der Waals surface area contributed by atoms with Crippen molar-refractivity contribution in [2.24, 2.45) is 0 Å². The first-order chi connectivity index (χ1) is 13.1. The van der Waals surface area contributed by atoms with Crippen molar-refractivity contribution in [1.29, 1.82) is 0 Å². The Morgan fingerprint density at radius 1 is 0.926 bits per heavy atom. The summed E-state index contributed by atoms with van der Waals surface area (Å²) in [6.07, 6.45) is 4.77. The third kappa shape index (κ3) is 3.56. The van der Waals surface area contributed by atoms with Crippen molar-refractivity contribution >= 4 is 29.1 Å². The Hall–Kier alpha value is -3.15. The molecule has 1 heterocycles.